The van der Waals surface area contributed by atoms with Gasteiger partial charge in [-0.25, -0.2) is 0 Å². The molecule has 0 aromatic rings. The molecule has 0 fully saturated rings. The highest BCUT2D eigenvalue weighted by Gasteiger charge is 2.08. The Morgan fingerprint density at radius 3 is 2.60 bits per heavy atom. The van der Waals surface area contributed by atoms with Gasteiger partial charge in [-0.1, -0.05) is 13.8 Å². The molecule has 0 unspecified atom stereocenters. The van der Waals surface area contributed by atoms with E-state index in [1.807, 2.05) is 0 Å². The number of allylic oxidation sites excluding steroid dienone is 1. The zero-order valence-electron chi connectivity index (χ0n) is 6.66. The first-order valence-corrected chi connectivity index (χ1v) is 4.41. The van der Waals surface area contributed by atoms with Crippen LogP contribution < -0.4 is 0 Å². The second kappa shape index (κ2) is 3.15. The smallest absolute Gasteiger partial charge is 0.0263 e. The van der Waals surface area contributed by atoms with Gasteiger partial charge in [0.25, 0.3) is 0 Å². The molecule has 0 bridgehead atoms. The van der Waals surface area contributed by atoms with Gasteiger partial charge in [0.15, 0.2) is 0 Å². The third-order valence-corrected chi connectivity index (χ3v) is 2.21. The van der Waals surface area contributed by atoms with Crippen LogP contribution in [0.15, 0.2) is 22.7 Å². The quantitative estimate of drug-likeness (QED) is 0.572. The molecular formula is C8H13NS. The summed E-state index contributed by atoms with van der Waals surface area (Å²) in [5, 5.41) is 4.29. The van der Waals surface area contributed by atoms with Crippen molar-refractivity contribution in [2.75, 3.05) is 7.05 Å². The minimum atomic E-state index is 0.627. The van der Waals surface area contributed by atoms with Crippen molar-refractivity contribution in [1.29, 1.82) is 0 Å². The van der Waals surface area contributed by atoms with Gasteiger partial charge < -0.3 is 4.90 Å². The van der Waals surface area contributed by atoms with E-state index >= 15 is 0 Å². The Bertz CT molecular complexity index is 170. The maximum atomic E-state index is 2.21. The zero-order chi connectivity index (χ0) is 7.56. The number of hydrogen-bond donors (Lipinski definition) is 0. The molecule has 0 radical (unpaired) electrons. The highest BCUT2D eigenvalue weighted by atomic mass is 32.2. The van der Waals surface area contributed by atoms with E-state index in [1.54, 1.807) is 11.8 Å². The van der Waals surface area contributed by atoms with Crippen molar-refractivity contribution < 1.29 is 0 Å². The number of hydrogen-bond acceptors (Lipinski definition) is 2. The highest BCUT2D eigenvalue weighted by molar-refractivity contribution is 8.04. The lowest BCUT2D eigenvalue weighted by molar-refractivity contribution is 0.489. The van der Waals surface area contributed by atoms with Crippen LogP contribution in [0.1, 0.15) is 13.8 Å². The molecule has 1 aliphatic heterocycles. The van der Waals surface area contributed by atoms with E-state index in [0.29, 0.717) is 5.92 Å². The van der Waals surface area contributed by atoms with Gasteiger partial charge in [0.2, 0.25) is 0 Å². The molecule has 0 N–H and O–H groups in total. The Morgan fingerprint density at radius 1 is 1.50 bits per heavy atom. The molecule has 0 saturated carbocycles. The van der Waals surface area contributed by atoms with Crippen molar-refractivity contribution >= 4 is 11.8 Å². The second-order valence-corrected chi connectivity index (χ2v) is 3.51. The van der Waals surface area contributed by atoms with E-state index < -0.39 is 0 Å². The van der Waals surface area contributed by atoms with E-state index in [4.69, 9.17) is 0 Å². The molecule has 1 aliphatic rings. The van der Waals surface area contributed by atoms with Crippen molar-refractivity contribution in [3.05, 3.63) is 22.7 Å². The number of nitrogens with zero attached hydrogens (tertiary/aromatic N) is 1. The fourth-order valence-electron chi connectivity index (χ4n) is 0.948. The van der Waals surface area contributed by atoms with Crippen molar-refractivity contribution in [2.24, 2.45) is 5.92 Å². The normalized spacial score (nSPS) is 18.0. The first-order chi connectivity index (χ1) is 4.72. The lowest BCUT2D eigenvalue weighted by Crippen LogP contribution is -2.15. The molecular weight excluding hydrogens is 142 g/mol. The summed E-state index contributed by atoms with van der Waals surface area (Å²) >= 11 is 1.75. The van der Waals surface area contributed by atoms with Gasteiger partial charge in [0.05, 0.1) is 0 Å². The van der Waals surface area contributed by atoms with Crippen molar-refractivity contribution in [3.63, 3.8) is 0 Å². The maximum Gasteiger partial charge on any atom is 0.0263 e. The summed E-state index contributed by atoms with van der Waals surface area (Å²) in [6.07, 6.45) is 2.10. The summed E-state index contributed by atoms with van der Waals surface area (Å²) in [4.78, 5) is 2.17. The Hall–Kier alpha value is -0.370. The molecule has 1 heterocycles. The van der Waals surface area contributed by atoms with Crippen LogP contribution in [0, 0.1) is 5.92 Å². The molecule has 0 aliphatic carbocycles. The molecule has 56 valence electrons. The second-order valence-electron chi connectivity index (χ2n) is 2.73. The predicted molar refractivity (Wildman–Crippen MR) is 47.4 cm³/mol. The van der Waals surface area contributed by atoms with E-state index in [0.717, 1.165) is 0 Å². The summed E-state index contributed by atoms with van der Waals surface area (Å²) in [5.41, 5.74) is 1.40. The van der Waals surface area contributed by atoms with E-state index in [-0.39, 0.29) is 0 Å². The van der Waals surface area contributed by atoms with Gasteiger partial charge in [-0.3, -0.25) is 0 Å². The molecule has 0 saturated heterocycles. The molecule has 1 rings (SSSR count). The van der Waals surface area contributed by atoms with Crippen molar-refractivity contribution in [2.45, 2.75) is 13.8 Å². The van der Waals surface area contributed by atoms with Crippen LogP contribution >= 0.6 is 11.8 Å². The lowest BCUT2D eigenvalue weighted by atomic mass is 10.1. The van der Waals surface area contributed by atoms with Crippen LogP contribution in [0.2, 0.25) is 0 Å². The van der Waals surface area contributed by atoms with Gasteiger partial charge >= 0.3 is 0 Å². The Morgan fingerprint density at radius 2 is 2.20 bits per heavy atom. The topological polar surface area (TPSA) is 3.24 Å². The first kappa shape index (κ1) is 7.73. The molecule has 0 aromatic carbocycles. The first-order valence-electron chi connectivity index (χ1n) is 3.47. The van der Waals surface area contributed by atoms with Crippen LogP contribution in [0.3, 0.4) is 0 Å². The highest BCUT2D eigenvalue weighted by Crippen LogP contribution is 2.23. The molecule has 0 atom stereocenters. The molecule has 0 aromatic heterocycles. The Kier molecular flexibility index (Phi) is 2.44. The fraction of sp³-hybridized carbons (Fsp3) is 0.500. The van der Waals surface area contributed by atoms with Gasteiger partial charge in [0, 0.05) is 18.9 Å². The standard InChI is InChI=1S/C8H13NS/c1-7(2)8-6-10-5-4-9(8)3/h4-7H,1-3H3. The monoisotopic (exact) mass is 155 g/mol. The largest absolute Gasteiger partial charge is 0.353 e. The average Bonchev–Trinajstić information content (AvgIpc) is 1.88. The summed E-state index contributed by atoms with van der Waals surface area (Å²) in [5.74, 6) is 0.627. The summed E-state index contributed by atoms with van der Waals surface area (Å²) < 4.78 is 0. The Labute approximate surface area is 66.8 Å². The van der Waals surface area contributed by atoms with Crippen molar-refractivity contribution in [3.8, 4) is 0 Å². The lowest BCUT2D eigenvalue weighted by Gasteiger charge is -2.23. The Balaban J connectivity index is 2.66. The van der Waals surface area contributed by atoms with Gasteiger partial charge in [-0.2, -0.15) is 0 Å². The van der Waals surface area contributed by atoms with E-state index in [2.05, 4.69) is 42.8 Å². The third-order valence-electron chi connectivity index (χ3n) is 1.55. The number of thioether (sulfide) groups is 1. The minimum absolute atomic E-state index is 0.627. The summed E-state index contributed by atoms with van der Waals surface area (Å²) in [6, 6.07) is 0. The van der Waals surface area contributed by atoms with Crippen LogP contribution in [0.25, 0.3) is 0 Å². The van der Waals surface area contributed by atoms with Gasteiger partial charge in [-0.15, -0.1) is 11.8 Å². The molecule has 0 amide bonds. The molecule has 2 heteroatoms. The SMILES string of the molecule is CC(C)C1=CSC=CN1C. The van der Waals surface area contributed by atoms with Gasteiger partial charge in [0.1, 0.15) is 0 Å². The fourth-order valence-corrected chi connectivity index (χ4v) is 1.86. The van der Waals surface area contributed by atoms with Crippen LogP contribution in [-0.2, 0) is 0 Å². The predicted octanol–water partition coefficient (Wildman–Crippen LogP) is 2.63. The van der Waals surface area contributed by atoms with Crippen LogP contribution in [0.5, 0.6) is 0 Å². The maximum absolute atomic E-state index is 2.21. The zero-order valence-corrected chi connectivity index (χ0v) is 7.48. The summed E-state index contributed by atoms with van der Waals surface area (Å²) in [7, 11) is 2.09. The number of rotatable bonds is 1. The minimum Gasteiger partial charge on any atom is -0.353 e. The van der Waals surface area contributed by atoms with Crippen molar-refractivity contribution in [1.82, 2.24) is 4.90 Å². The van der Waals surface area contributed by atoms with Crippen LogP contribution in [-0.4, -0.2) is 11.9 Å². The van der Waals surface area contributed by atoms with Crippen LogP contribution in [0.4, 0.5) is 0 Å². The molecule has 0 spiro atoms. The molecule has 10 heavy (non-hydrogen) atoms. The average molecular weight is 155 g/mol. The molecule has 1 nitrogen and oxygen atoms in total. The summed E-state index contributed by atoms with van der Waals surface area (Å²) in [6.45, 7) is 4.42. The van der Waals surface area contributed by atoms with E-state index in [9.17, 15) is 0 Å². The van der Waals surface area contributed by atoms with E-state index in [1.165, 1.54) is 5.70 Å². The van der Waals surface area contributed by atoms with Gasteiger partial charge in [-0.05, 0) is 16.7 Å². The third kappa shape index (κ3) is 1.57.